The van der Waals surface area contributed by atoms with Crippen molar-refractivity contribution in [2.45, 2.75) is 12.0 Å². The second-order valence-corrected chi connectivity index (χ2v) is 7.01. The fourth-order valence-electron chi connectivity index (χ4n) is 3.52. The molecule has 0 spiro atoms. The van der Waals surface area contributed by atoms with Crippen molar-refractivity contribution in [3.8, 4) is 5.75 Å². The molecule has 6 nitrogen and oxygen atoms in total. The molecule has 1 aromatic rings. The molecule has 24 heavy (non-hydrogen) atoms. The number of hydrogen-bond acceptors (Lipinski definition) is 5. The lowest BCUT2D eigenvalue weighted by molar-refractivity contribution is 0.000525. The molecular weight excluding hydrogens is 306 g/mol. The number of ether oxygens (including phenoxy) is 1. The van der Waals surface area contributed by atoms with Gasteiger partial charge in [0, 0.05) is 44.8 Å². The van der Waals surface area contributed by atoms with E-state index in [2.05, 4.69) is 16.8 Å². The molecule has 2 aliphatic rings. The number of methoxy groups -OCH3 is 1. The van der Waals surface area contributed by atoms with Crippen molar-refractivity contribution in [3.63, 3.8) is 0 Å². The molecule has 1 atom stereocenters. The molecule has 132 valence electrons. The van der Waals surface area contributed by atoms with Gasteiger partial charge in [-0.3, -0.25) is 9.69 Å². The van der Waals surface area contributed by atoms with E-state index >= 15 is 0 Å². The Labute approximate surface area is 143 Å². The van der Waals surface area contributed by atoms with Gasteiger partial charge in [0.25, 0.3) is 5.91 Å². The number of β-amino-alcohol motifs (C(OH)–C–C–N with tert-alkyl or cyclic N) is 1. The molecular formula is C18H27N3O3. The van der Waals surface area contributed by atoms with Crippen molar-refractivity contribution in [2.75, 3.05) is 60.0 Å². The predicted molar refractivity (Wildman–Crippen MR) is 92.4 cm³/mol. The van der Waals surface area contributed by atoms with Crippen LogP contribution in [-0.2, 0) is 0 Å². The molecule has 3 rings (SSSR count). The van der Waals surface area contributed by atoms with Crippen molar-refractivity contribution in [1.29, 1.82) is 0 Å². The van der Waals surface area contributed by atoms with Crippen molar-refractivity contribution in [1.82, 2.24) is 14.7 Å². The Hall–Kier alpha value is -1.63. The Balaban J connectivity index is 1.60. The second-order valence-electron chi connectivity index (χ2n) is 7.01. The van der Waals surface area contributed by atoms with Crippen LogP contribution in [-0.4, -0.2) is 91.3 Å². The van der Waals surface area contributed by atoms with Crippen LogP contribution in [0.4, 0.5) is 0 Å². The molecule has 2 saturated heterocycles. The zero-order valence-electron chi connectivity index (χ0n) is 14.6. The predicted octanol–water partition coefficient (Wildman–Crippen LogP) is 0.520. The number of rotatable bonds is 4. The number of carbonyl (C=O) groups excluding carboxylic acids is 1. The van der Waals surface area contributed by atoms with E-state index in [-0.39, 0.29) is 5.91 Å². The van der Waals surface area contributed by atoms with E-state index in [0.29, 0.717) is 37.4 Å². The van der Waals surface area contributed by atoms with Crippen LogP contribution in [0.5, 0.6) is 5.75 Å². The molecule has 2 fully saturated rings. The minimum absolute atomic E-state index is 0.0387. The maximum atomic E-state index is 12.7. The van der Waals surface area contributed by atoms with E-state index in [0.717, 1.165) is 26.2 Å². The molecule has 0 radical (unpaired) electrons. The van der Waals surface area contributed by atoms with Gasteiger partial charge in [0.1, 0.15) is 5.75 Å². The molecule has 1 unspecified atom stereocenters. The quantitative estimate of drug-likeness (QED) is 0.871. The van der Waals surface area contributed by atoms with Gasteiger partial charge >= 0.3 is 0 Å². The van der Waals surface area contributed by atoms with Gasteiger partial charge in [0.15, 0.2) is 0 Å². The molecule has 1 N–H and O–H groups in total. The van der Waals surface area contributed by atoms with E-state index in [1.54, 1.807) is 24.1 Å². The summed E-state index contributed by atoms with van der Waals surface area (Å²) in [5, 5.41) is 10.9. The van der Waals surface area contributed by atoms with Crippen molar-refractivity contribution in [3.05, 3.63) is 29.8 Å². The van der Waals surface area contributed by atoms with E-state index in [9.17, 15) is 9.90 Å². The number of likely N-dealkylation sites (N-methyl/N-ethyl adjacent to an activating group) is 1. The van der Waals surface area contributed by atoms with Gasteiger partial charge in [0.05, 0.1) is 19.3 Å². The smallest absolute Gasteiger partial charge is 0.254 e. The number of carbonyl (C=O) groups is 1. The minimum Gasteiger partial charge on any atom is -0.497 e. The molecule has 1 aromatic carbocycles. The number of nitrogens with zero attached hydrogens (tertiary/aromatic N) is 3. The summed E-state index contributed by atoms with van der Waals surface area (Å²) < 4.78 is 5.19. The van der Waals surface area contributed by atoms with Crippen molar-refractivity contribution >= 4 is 5.91 Å². The van der Waals surface area contributed by atoms with Crippen molar-refractivity contribution in [2.24, 2.45) is 0 Å². The van der Waals surface area contributed by atoms with Crippen LogP contribution < -0.4 is 4.74 Å². The van der Waals surface area contributed by atoms with E-state index in [1.165, 1.54) is 0 Å². The zero-order chi connectivity index (χ0) is 17.2. The highest BCUT2D eigenvalue weighted by Gasteiger charge is 2.40. The summed E-state index contributed by atoms with van der Waals surface area (Å²) in [6.45, 7) is 5.65. The summed E-state index contributed by atoms with van der Waals surface area (Å²) in [5.74, 6) is 0.635. The summed E-state index contributed by atoms with van der Waals surface area (Å²) in [4.78, 5) is 19.0. The Kier molecular flexibility index (Phi) is 5.08. The Bertz CT molecular complexity index is 587. The van der Waals surface area contributed by atoms with Gasteiger partial charge in [-0.1, -0.05) is 6.07 Å². The lowest BCUT2D eigenvalue weighted by Gasteiger charge is -2.36. The van der Waals surface area contributed by atoms with Gasteiger partial charge in [-0.05, 0) is 31.7 Å². The SMILES string of the molecule is COc1cccc(C(=O)N2CCC(O)(CN3CCN(C)CC3)C2)c1. The van der Waals surface area contributed by atoms with Crippen LogP contribution in [0.3, 0.4) is 0 Å². The summed E-state index contributed by atoms with van der Waals surface area (Å²) >= 11 is 0. The minimum atomic E-state index is -0.801. The third-order valence-corrected chi connectivity index (χ3v) is 5.05. The average molecular weight is 333 g/mol. The van der Waals surface area contributed by atoms with Crippen LogP contribution in [0.25, 0.3) is 0 Å². The summed E-state index contributed by atoms with van der Waals surface area (Å²) in [7, 11) is 3.71. The van der Waals surface area contributed by atoms with Crippen LogP contribution in [0.2, 0.25) is 0 Å². The molecule has 6 heteroatoms. The lowest BCUT2D eigenvalue weighted by atomic mass is 10.0. The number of hydrogen-bond donors (Lipinski definition) is 1. The van der Waals surface area contributed by atoms with Gasteiger partial charge in [-0.25, -0.2) is 0 Å². The monoisotopic (exact) mass is 333 g/mol. The maximum absolute atomic E-state index is 12.7. The molecule has 1 amide bonds. The Morgan fingerprint density at radius 3 is 2.71 bits per heavy atom. The standard InChI is InChI=1S/C18H27N3O3/c1-19-8-10-20(11-9-19)13-18(23)6-7-21(14-18)17(22)15-4-3-5-16(12-15)24-2/h3-5,12,23H,6-11,13-14H2,1-2H3. The van der Waals surface area contributed by atoms with Crippen LogP contribution in [0.1, 0.15) is 16.8 Å². The first-order valence-electron chi connectivity index (χ1n) is 8.56. The van der Waals surface area contributed by atoms with Gasteiger partial charge in [-0.2, -0.15) is 0 Å². The first kappa shape index (κ1) is 17.2. The highest BCUT2D eigenvalue weighted by Crippen LogP contribution is 2.25. The summed E-state index contributed by atoms with van der Waals surface area (Å²) in [6.07, 6.45) is 0.634. The Morgan fingerprint density at radius 2 is 2.00 bits per heavy atom. The maximum Gasteiger partial charge on any atom is 0.254 e. The number of benzene rings is 1. The number of aliphatic hydroxyl groups is 1. The molecule has 0 saturated carbocycles. The van der Waals surface area contributed by atoms with Gasteiger partial charge in [-0.15, -0.1) is 0 Å². The third kappa shape index (κ3) is 3.88. The molecule has 0 bridgehead atoms. The zero-order valence-corrected chi connectivity index (χ0v) is 14.6. The highest BCUT2D eigenvalue weighted by atomic mass is 16.5. The van der Waals surface area contributed by atoms with Crippen molar-refractivity contribution < 1.29 is 14.6 Å². The molecule has 2 heterocycles. The van der Waals surface area contributed by atoms with Crippen LogP contribution in [0.15, 0.2) is 24.3 Å². The molecule has 0 aromatic heterocycles. The normalized spacial score (nSPS) is 25.9. The summed E-state index contributed by atoms with van der Waals surface area (Å²) in [5.41, 5.74) is -0.192. The molecule has 0 aliphatic carbocycles. The van der Waals surface area contributed by atoms with E-state index in [4.69, 9.17) is 4.74 Å². The fraction of sp³-hybridized carbons (Fsp3) is 0.611. The fourth-order valence-corrected chi connectivity index (χ4v) is 3.52. The lowest BCUT2D eigenvalue weighted by Crippen LogP contribution is -2.52. The van der Waals surface area contributed by atoms with E-state index < -0.39 is 5.60 Å². The largest absolute Gasteiger partial charge is 0.497 e. The third-order valence-electron chi connectivity index (χ3n) is 5.05. The molecule has 2 aliphatic heterocycles. The second kappa shape index (κ2) is 7.09. The summed E-state index contributed by atoms with van der Waals surface area (Å²) in [6, 6.07) is 7.19. The number of amides is 1. The topological polar surface area (TPSA) is 56.2 Å². The Morgan fingerprint density at radius 1 is 1.25 bits per heavy atom. The average Bonchev–Trinajstić information content (AvgIpc) is 2.98. The van der Waals surface area contributed by atoms with Crippen LogP contribution in [0, 0.1) is 0 Å². The van der Waals surface area contributed by atoms with Gasteiger partial charge in [0.2, 0.25) is 0 Å². The van der Waals surface area contributed by atoms with Crippen LogP contribution >= 0.6 is 0 Å². The van der Waals surface area contributed by atoms with Gasteiger partial charge < -0.3 is 19.6 Å². The highest BCUT2D eigenvalue weighted by molar-refractivity contribution is 5.94. The first-order valence-corrected chi connectivity index (χ1v) is 8.56. The first-order chi connectivity index (χ1) is 11.5. The number of piperazine rings is 1. The number of likely N-dealkylation sites (tertiary alicyclic amines) is 1. The van der Waals surface area contributed by atoms with E-state index in [1.807, 2.05) is 12.1 Å².